The van der Waals surface area contributed by atoms with Crippen molar-refractivity contribution in [2.75, 3.05) is 13.7 Å². The lowest BCUT2D eigenvalue weighted by Crippen LogP contribution is -2.14. The van der Waals surface area contributed by atoms with Crippen molar-refractivity contribution in [2.24, 2.45) is 10.9 Å². The van der Waals surface area contributed by atoms with Crippen LogP contribution in [0.25, 0.3) is 0 Å². The highest BCUT2D eigenvalue weighted by molar-refractivity contribution is 7.99. The van der Waals surface area contributed by atoms with Crippen molar-refractivity contribution in [1.82, 2.24) is 0 Å². The highest BCUT2D eigenvalue weighted by Gasteiger charge is 2.10. The standard InChI is InChI=1S/C12H18N2O3S/c1-8(6-15)18-7-9-3-4-11(17-2)10(5-9)12(13)14-16/h3-5,8,15-16H,6-7H2,1-2H3,(H2,13,14). The number of aliphatic hydroxyl groups is 1. The van der Waals surface area contributed by atoms with E-state index >= 15 is 0 Å². The van der Waals surface area contributed by atoms with Crippen molar-refractivity contribution >= 4 is 17.6 Å². The van der Waals surface area contributed by atoms with Crippen molar-refractivity contribution in [3.8, 4) is 5.75 Å². The molecule has 1 unspecified atom stereocenters. The van der Waals surface area contributed by atoms with Crippen molar-refractivity contribution in [3.05, 3.63) is 29.3 Å². The molecule has 0 spiro atoms. The maximum Gasteiger partial charge on any atom is 0.173 e. The zero-order chi connectivity index (χ0) is 13.5. The Bertz CT molecular complexity index is 424. The Balaban J connectivity index is 2.89. The molecule has 1 aromatic rings. The lowest BCUT2D eigenvalue weighted by molar-refractivity contribution is 0.300. The van der Waals surface area contributed by atoms with Crippen LogP contribution in [0.2, 0.25) is 0 Å². The maximum atomic E-state index is 8.96. The highest BCUT2D eigenvalue weighted by atomic mass is 32.2. The van der Waals surface area contributed by atoms with Crippen LogP contribution in [-0.4, -0.2) is 35.1 Å². The van der Waals surface area contributed by atoms with Gasteiger partial charge < -0.3 is 20.8 Å². The summed E-state index contributed by atoms with van der Waals surface area (Å²) in [7, 11) is 1.53. The molecular formula is C12H18N2O3S. The van der Waals surface area contributed by atoms with Crippen LogP contribution in [-0.2, 0) is 5.75 Å². The molecule has 0 aromatic heterocycles. The zero-order valence-corrected chi connectivity index (χ0v) is 11.3. The van der Waals surface area contributed by atoms with E-state index in [2.05, 4.69) is 5.16 Å². The first-order chi connectivity index (χ1) is 8.62. The molecule has 0 bridgehead atoms. The van der Waals surface area contributed by atoms with Crippen LogP contribution >= 0.6 is 11.8 Å². The molecule has 0 aliphatic rings. The number of methoxy groups -OCH3 is 1. The minimum absolute atomic E-state index is 0.0221. The number of nitrogens with zero attached hydrogens (tertiary/aromatic N) is 1. The van der Waals surface area contributed by atoms with E-state index in [1.807, 2.05) is 19.1 Å². The molecule has 4 N–H and O–H groups in total. The molecule has 1 rings (SSSR count). The van der Waals surface area contributed by atoms with Crippen molar-refractivity contribution in [2.45, 2.75) is 17.9 Å². The Labute approximate surface area is 111 Å². The third-order valence-corrected chi connectivity index (χ3v) is 3.66. The summed E-state index contributed by atoms with van der Waals surface area (Å²) in [5, 5.41) is 20.9. The number of amidine groups is 1. The fourth-order valence-electron chi connectivity index (χ4n) is 1.39. The van der Waals surface area contributed by atoms with Gasteiger partial charge in [0.1, 0.15) is 5.75 Å². The SMILES string of the molecule is COc1ccc(CSC(C)CO)cc1/C(N)=N/O. The number of rotatable bonds is 6. The molecule has 0 amide bonds. The van der Waals surface area contributed by atoms with Gasteiger partial charge in [-0.3, -0.25) is 0 Å². The van der Waals surface area contributed by atoms with Gasteiger partial charge in [-0.15, -0.1) is 0 Å². The number of hydrogen-bond donors (Lipinski definition) is 3. The number of ether oxygens (including phenoxy) is 1. The van der Waals surface area contributed by atoms with Crippen LogP contribution in [0.15, 0.2) is 23.4 Å². The minimum atomic E-state index is 0.0221. The van der Waals surface area contributed by atoms with Gasteiger partial charge in [-0.25, -0.2) is 0 Å². The lowest BCUT2D eigenvalue weighted by atomic mass is 10.1. The molecule has 0 aliphatic carbocycles. The molecule has 100 valence electrons. The second-order valence-corrected chi connectivity index (χ2v) is 5.25. The van der Waals surface area contributed by atoms with E-state index in [0.717, 1.165) is 11.3 Å². The molecule has 0 saturated heterocycles. The average molecular weight is 270 g/mol. The van der Waals surface area contributed by atoms with Crippen molar-refractivity contribution < 1.29 is 15.1 Å². The highest BCUT2D eigenvalue weighted by Crippen LogP contribution is 2.23. The Hall–Kier alpha value is -1.40. The van der Waals surface area contributed by atoms with Gasteiger partial charge in [-0.2, -0.15) is 11.8 Å². The molecule has 0 fully saturated rings. The van der Waals surface area contributed by atoms with Gasteiger partial charge in [0.15, 0.2) is 5.84 Å². The van der Waals surface area contributed by atoms with Crippen LogP contribution in [0.3, 0.4) is 0 Å². The first-order valence-electron chi connectivity index (χ1n) is 5.49. The third-order valence-electron chi connectivity index (χ3n) is 2.44. The molecule has 1 aromatic carbocycles. The van der Waals surface area contributed by atoms with E-state index in [1.165, 1.54) is 7.11 Å². The smallest absolute Gasteiger partial charge is 0.173 e. The summed E-state index contributed by atoms with van der Waals surface area (Å²) in [5.74, 6) is 1.33. The number of thioether (sulfide) groups is 1. The lowest BCUT2D eigenvalue weighted by Gasteiger charge is -2.11. The molecule has 18 heavy (non-hydrogen) atoms. The van der Waals surface area contributed by atoms with Crippen LogP contribution in [0.1, 0.15) is 18.1 Å². The van der Waals surface area contributed by atoms with E-state index < -0.39 is 0 Å². The average Bonchev–Trinajstić information content (AvgIpc) is 2.43. The van der Waals surface area contributed by atoms with E-state index in [-0.39, 0.29) is 17.7 Å². The quantitative estimate of drug-likeness (QED) is 0.315. The predicted octanol–water partition coefficient (Wildman–Crippen LogP) is 1.40. The van der Waals surface area contributed by atoms with E-state index in [4.69, 9.17) is 20.8 Å². The van der Waals surface area contributed by atoms with Gasteiger partial charge in [0.2, 0.25) is 0 Å². The third kappa shape index (κ3) is 3.82. The van der Waals surface area contributed by atoms with Crippen LogP contribution < -0.4 is 10.5 Å². The molecule has 1 atom stereocenters. The molecule has 0 saturated carbocycles. The van der Waals surface area contributed by atoms with Gasteiger partial charge >= 0.3 is 0 Å². The largest absolute Gasteiger partial charge is 0.496 e. The first kappa shape index (κ1) is 14.7. The summed E-state index contributed by atoms with van der Waals surface area (Å²) in [6.45, 7) is 2.10. The maximum absolute atomic E-state index is 8.96. The first-order valence-corrected chi connectivity index (χ1v) is 6.54. The molecule has 5 nitrogen and oxygen atoms in total. The van der Waals surface area contributed by atoms with E-state index in [1.54, 1.807) is 17.8 Å². The Kier molecular flexibility index (Phi) is 5.80. The number of hydrogen-bond acceptors (Lipinski definition) is 5. The fraction of sp³-hybridized carbons (Fsp3) is 0.417. The summed E-state index contributed by atoms with van der Waals surface area (Å²) >= 11 is 1.64. The molecule has 6 heteroatoms. The number of benzene rings is 1. The Morgan fingerprint density at radius 1 is 1.56 bits per heavy atom. The summed E-state index contributed by atoms with van der Waals surface area (Å²) in [6.07, 6.45) is 0. The summed E-state index contributed by atoms with van der Waals surface area (Å²) in [5.41, 5.74) is 7.19. The number of nitrogens with two attached hydrogens (primary N) is 1. The topological polar surface area (TPSA) is 88.1 Å². The second kappa shape index (κ2) is 7.13. The van der Waals surface area contributed by atoms with Gasteiger partial charge in [-0.05, 0) is 17.7 Å². The van der Waals surface area contributed by atoms with Crippen LogP contribution in [0.5, 0.6) is 5.75 Å². The minimum Gasteiger partial charge on any atom is -0.496 e. The van der Waals surface area contributed by atoms with Gasteiger partial charge in [0, 0.05) is 11.0 Å². The van der Waals surface area contributed by atoms with Gasteiger partial charge in [0.05, 0.1) is 19.3 Å². The summed E-state index contributed by atoms with van der Waals surface area (Å²) < 4.78 is 5.15. The summed E-state index contributed by atoms with van der Waals surface area (Å²) in [6, 6.07) is 5.53. The molecular weight excluding hydrogens is 252 g/mol. The monoisotopic (exact) mass is 270 g/mol. The van der Waals surface area contributed by atoms with E-state index in [0.29, 0.717) is 11.3 Å². The van der Waals surface area contributed by atoms with Crippen LogP contribution in [0.4, 0.5) is 0 Å². The Morgan fingerprint density at radius 2 is 2.28 bits per heavy atom. The fourth-order valence-corrected chi connectivity index (χ4v) is 2.15. The van der Waals surface area contributed by atoms with Gasteiger partial charge in [0.25, 0.3) is 0 Å². The predicted molar refractivity (Wildman–Crippen MR) is 73.3 cm³/mol. The number of aliphatic hydroxyl groups excluding tert-OH is 1. The molecule has 0 radical (unpaired) electrons. The van der Waals surface area contributed by atoms with Gasteiger partial charge in [-0.1, -0.05) is 18.1 Å². The molecule has 0 heterocycles. The molecule has 0 aliphatic heterocycles. The normalized spacial score (nSPS) is 13.4. The van der Waals surface area contributed by atoms with Crippen LogP contribution in [0, 0.1) is 0 Å². The Morgan fingerprint density at radius 3 is 2.83 bits per heavy atom. The van der Waals surface area contributed by atoms with Crippen molar-refractivity contribution in [1.29, 1.82) is 0 Å². The number of oxime groups is 1. The summed E-state index contributed by atoms with van der Waals surface area (Å²) in [4.78, 5) is 0. The van der Waals surface area contributed by atoms with E-state index in [9.17, 15) is 0 Å². The van der Waals surface area contributed by atoms with Crippen molar-refractivity contribution in [3.63, 3.8) is 0 Å². The zero-order valence-electron chi connectivity index (χ0n) is 10.5. The second-order valence-electron chi connectivity index (χ2n) is 3.82.